The zero-order valence-electron chi connectivity index (χ0n) is 11.0. The van der Waals surface area contributed by atoms with Crippen molar-refractivity contribution in [3.8, 4) is 0 Å². The molecule has 16 heavy (non-hydrogen) atoms. The molecule has 2 aliphatic rings. The summed E-state index contributed by atoms with van der Waals surface area (Å²) in [5, 5.41) is 0. The van der Waals surface area contributed by atoms with Gasteiger partial charge in [0, 0.05) is 19.1 Å². The second-order valence-electron chi connectivity index (χ2n) is 6.59. The molecular weight excluding hydrogens is 196 g/mol. The van der Waals surface area contributed by atoms with E-state index in [-0.39, 0.29) is 0 Å². The van der Waals surface area contributed by atoms with Crippen LogP contribution in [0.25, 0.3) is 0 Å². The van der Waals surface area contributed by atoms with Gasteiger partial charge in [0.05, 0.1) is 0 Å². The van der Waals surface area contributed by atoms with E-state index in [0.717, 1.165) is 12.5 Å². The molecule has 0 bridgehead atoms. The molecule has 0 aromatic heterocycles. The summed E-state index contributed by atoms with van der Waals surface area (Å²) in [6, 6.07) is 0.669. The van der Waals surface area contributed by atoms with E-state index in [1.807, 2.05) is 0 Å². The van der Waals surface area contributed by atoms with Crippen LogP contribution in [0, 0.1) is 11.3 Å². The van der Waals surface area contributed by atoms with Crippen LogP contribution in [0.5, 0.6) is 0 Å². The highest BCUT2D eigenvalue weighted by molar-refractivity contribution is 4.89. The topological polar surface area (TPSA) is 29.3 Å². The number of hydrogen-bond donors (Lipinski definition) is 1. The predicted octanol–water partition coefficient (Wildman–Crippen LogP) is 2.63. The fourth-order valence-corrected chi connectivity index (χ4v) is 3.73. The molecule has 1 unspecified atom stereocenters. The van der Waals surface area contributed by atoms with E-state index >= 15 is 0 Å². The van der Waals surface area contributed by atoms with E-state index in [0.29, 0.717) is 11.5 Å². The highest BCUT2D eigenvalue weighted by atomic mass is 15.2. The van der Waals surface area contributed by atoms with Crippen molar-refractivity contribution in [2.75, 3.05) is 19.6 Å². The highest BCUT2D eigenvalue weighted by Crippen LogP contribution is 2.35. The summed E-state index contributed by atoms with van der Waals surface area (Å²) in [7, 11) is 0. The molecule has 94 valence electrons. The summed E-state index contributed by atoms with van der Waals surface area (Å²) < 4.78 is 0. The van der Waals surface area contributed by atoms with Crippen LogP contribution in [-0.2, 0) is 0 Å². The quantitative estimate of drug-likeness (QED) is 0.798. The lowest BCUT2D eigenvalue weighted by Crippen LogP contribution is -2.51. The standard InChI is InChI=1S/C14H28N2/c1-14(2)8-5-9-16(11-14)13(10-15)12-6-3-4-7-12/h12-13H,3-11,15H2,1-2H3. The van der Waals surface area contributed by atoms with E-state index in [9.17, 15) is 0 Å². The van der Waals surface area contributed by atoms with Crippen molar-refractivity contribution in [2.24, 2.45) is 17.1 Å². The van der Waals surface area contributed by atoms with Gasteiger partial charge in [0.1, 0.15) is 0 Å². The molecule has 0 aromatic rings. The average molecular weight is 224 g/mol. The van der Waals surface area contributed by atoms with Crippen LogP contribution < -0.4 is 5.73 Å². The van der Waals surface area contributed by atoms with Gasteiger partial charge >= 0.3 is 0 Å². The zero-order chi connectivity index (χ0) is 11.6. The maximum atomic E-state index is 6.03. The van der Waals surface area contributed by atoms with E-state index in [2.05, 4.69) is 18.7 Å². The lowest BCUT2D eigenvalue weighted by molar-refractivity contribution is 0.0562. The van der Waals surface area contributed by atoms with Crippen LogP contribution in [0.15, 0.2) is 0 Å². The molecule has 2 heteroatoms. The summed E-state index contributed by atoms with van der Waals surface area (Å²) in [5.41, 5.74) is 6.53. The van der Waals surface area contributed by atoms with Crippen LogP contribution in [0.1, 0.15) is 52.4 Å². The molecule has 1 heterocycles. The van der Waals surface area contributed by atoms with Gasteiger partial charge in [0.25, 0.3) is 0 Å². The number of likely N-dealkylation sites (tertiary alicyclic amines) is 1. The monoisotopic (exact) mass is 224 g/mol. The van der Waals surface area contributed by atoms with Gasteiger partial charge in [0.15, 0.2) is 0 Å². The van der Waals surface area contributed by atoms with Gasteiger partial charge in [-0.3, -0.25) is 4.90 Å². The van der Waals surface area contributed by atoms with Crippen molar-refractivity contribution >= 4 is 0 Å². The smallest absolute Gasteiger partial charge is 0.0246 e. The van der Waals surface area contributed by atoms with Crippen molar-refractivity contribution in [2.45, 2.75) is 58.4 Å². The van der Waals surface area contributed by atoms with Gasteiger partial charge in [-0.15, -0.1) is 0 Å². The number of piperidine rings is 1. The van der Waals surface area contributed by atoms with Crippen LogP contribution in [0.2, 0.25) is 0 Å². The molecule has 0 aromatic carbocycles. The Balaban J connectivity index is 1.97. The van der Waals surface area contributed by atoms with Crippen molar-refractivity contribution in [1.82, 2.24) is 4.90 Å². The first-order chi connectivity index (χ1) is 7.62. The number of nitrogens with two attached hydrogens (primary N) is 1. The van der Waals surface area contributed by atoms with Crippen molar-refractivity contribution in [3.63, 3.8) is 0 Å². The van der Waals surface area contributed by atoms with Crippen LogP contribution in [0.3, 0.4) is 0 Å². The first-order valence-corrected chi connectivity index (χ1v) is 7.06. The van der Waals surface area contributed by atoms with Gasteiger partial charge in [-0.25, -0.2) is 0 Å². The minimum Gasteiger partial charge on any atom is -0.329 e. The fraction of sp³-hybridized carbons (Fsp3) is 1.00. The summed E-state index contributed by atoms with van der Waals surface area (Å²) in [5.74, 6) is 0.888. The molecule has 0 radical (unpaired) electrons. The van der Waals surface area contributed by atoms with Gasteiger partial charge in [-0.05, 0) is 43.6 Å². The SMILES string of the molecule is CC1(C)CCCN(C(CN)C2CCCC2)C1. The Kier molecular flexibility index (Phi) is 3.91. The van der Waals surface area contributed by atoms with Gasteiger partial charge in [-0.1, -0.05) is 26.7 Å². The normalized spacial score (nSPS) is 29.4. The molecular formula is C14H28N2. The third kappa shape index (κ3) is 2.78. The number of nitrogens with zero attached hydrogens (tertiary/aromatic N) is 1. The molecule has 1 aliphatic heterocycles. The second-order valence-corrected chi connectivity index (χ2v) is 6.59. The van der Waals surface area contributed by atoms with Crippen molar-refractivity contribution < 1.29 is 0 Å². The fourth-order valence-electron chi connectivity index (χ4n) is 3.73. The maximum absolute atomic E-state index is 6.03. The summed E-state index contributed by atoms with van der Waals surface area (Å²) >= 11 is 0. The molecule has 0 amide bonds. The largest absolute Gasteiger partial charge is 0.329 e. The molecule has 2 nitrogen and oxygen atoms in total. The van der Waals surface area contributed by atoms with Crippen LogP contribution in [-0.4, -0.2) is 30.6 Å². The number of rotatable bonds is 3. The minimum atomic E-state index is 0.504. The Bertz CT molecular complexity index is 219. The van der Waals surface area contributed by atoms with Gasteiger partial charge < -0.3 is 5.73 Å². The Hall–Kier alpha value is -0.0800. The maximum Gasteiger partial charge on any atom is 0.0246 e. The summed E-state index contributed by atoms with van der Waals surface area (Å²) in [4.78, 5) is 2.69. The molecule has 1 atom stereocenters. The molecule has 1 saturated carbocycles. The lowest BCUT2D eigenvalue weighted by atomic mass is 9.82. The number of hydrogen-bond acceptors (Lipinski definition) is 2. The van der Waals surface area contributed by atoms with Crippen LogP contribution >= 0.6 is 0 Å². The highest BCUT2D eigenvalue weighted by Gasteiger charge is 2.34. The Morgan fingerprint density at radius 1 is 1.25 bits per heavy atom. The molecule has 1 aliphatic carbocycles. The van der Waals surface area contributed by atoms with E-state index in [4.69, 9.17) is 5.73 Å². The first kappa shape index (κ1) is 12.4. The predicted molar refractivity (Wildman–Crippen MR) is 69.4 cm³/mol. The van der Waals surface area contributed by atoms with Gasteiger partial charge in [0.2, 0.25) is 0 Å². The van der Waals surface area contributed by atoms with E-state index in [1.165, 1.54) is 51.6 Å². The zero-order valence-corrected chi connectivity index (χ0v) is 11.0. The minimum absolute atomic E-state index is 0.504. The van der Waals surface area contributed by atoms with E-state index < -0.39 is 0 Å². The Morgan fingerprint density at radius 3 is 2.50 bits per heavy atom. The van der Waals surface area contributed by atoms with Crippen molar-refractivity contribution in [3.05, 3.63) is 0 Å². The molecule has 2 fully saturated rings. The Labute approximate surface area is 101 Å². The third-order valence-corrected chi connectivity index (χ3v) is 4.58. The lowest BCUT2D eigenvalue weighted by Gasteiger charge is -2.44. The van der Waals surface area contributed by atoms with Gasteiger partial charge in [-0.2, -0.15) is 0 Å². The molecule has 2 rings (SSSR count). The van der Waals surface area contributed by atoms with E-state index in [1.54, 1.807) is 0 Å². The van der Waals surface area contributed by atoms with Crippen LogP contribution in [0.4, 0.5) is 0 Å². The Morgan fingerprint density at radius 2 is 1.94 bits per heavy atom. The van der Waals surface area contributed by atoms with Crippen molar-refractivity contribution in [1.29, 1.82) is 0 Å². The third-order valence-electron chi connectivity index (χ3n) is 4.58. The first-order valence-electron chi connectivity index (χ1n) is 7.06. The summed E-state index contributed by atoms with van der Waals surface area (Å²) in [6.45, 7) is 8.21. The summed E-state index contributed by atoms with van der Waals surface area (Å²) in [6.07, 6.45) is 8.43. The molecule has 1 saturated heterocycles. The molecule has 2 N–H and O–H groups in total. The molecule has 0 spiro atoms. The second kappa shape index (κ2) is 5.05. The average Bonchev–Trinajstić information content (AvgIpc) is 2.71.